The van der Waals surface area contributed by atoms with E-state index in [4.69, 9.17) is 4.74 Å². The van der Waals surface area contributed by atoms with E-state index in [-0.39, 0.29) is 11.6 Å². The number of nitrogens with one attached hydrogen (secondary N) is 2. The van der Waals surface area contributed by atoms with E-state index < -0.39 is 6.10 Å². The van der Waals surface area contributed by atoms with Crippen LogP contribution in [-0.4, -0.2) is 28.3 Å². The molecule has 3 rings (SSSR count). The minimum Gasteiger partial charge on any atom is -0.388 e. The van der Waals surface area contributed by atoms with Crippen LogP contribution in [0.2, 0.25) is 0 Å². The van der Waals surface area contributed by atoms with Crippen molar-refractivity contribution in [3.8, 4) is 0 Å². The lowest BCUT2D eigenvalue weighted by molar-refractivity contribution is 0.0914. The van der Waals surface area contributed by atoms with E-state index in [0.29, 0.717) is 18.7 Å². The maximum absolute atomic E-state index is 11.2. The maximum atomic E-state index is 11.2. The van der Waals surface area contributed by atoms with Crippen molar-refractivity contribution in [2.75, 3.05) is 13.2 Å². The first-order chi connectivity index (χ1) is 8.65. The summed E-state index contributed by atoms with van der Waals surface area (Å²) in [5, 5.41) is 10.4. The Hall–Kier alpha value is -1.11. The molecular weight excluding hydrogens is 300 g/mol. The van der Waals surface area contributed by atoms with E-state index in [0.717, 1.165) is 22.0 Å². The van der Waals surface area contributed by atoms with Gasteiger partial charge in [0.05, 0.1) is 23.7 Å². The molecule has 2 atom stereocenters. The van der Waals surface area contributed by atoms with E-state index in [2.05, 4.69) is 25.9 Å². The highest BCUT2D eigenvalue weighted by atomic mass is 79.9. The summed E-state index contributed by atoms with van der Waals surface area (Å²) in [5.41, 5.74) is 1.97. The minimum absolute atomic E-state index is 0.115. The molecule has 2 heterocycles. The molecule has 0 saturated carbocycles. The number of aromatic nitrogens is 2. The highest BCUT2D eigenvalue weighted by Gasteiger charge is 2.27. The number of hydrogen-bond donors (Lipinski definition) is 3. The molecule has 1 fully saturated rings. The lowest BCUT2D eigenvalue weighted by Gasteiger charge is -2.18. The average molecular weight is 313 g/mol. The molecule has 18 heavy (non-hydrogen) atoms. The standard InChI is InChI=1S/C12H13BrN2O3/c13-8-4-10-9(14-12(17)15-10)3-7(8)11(16)6-1-2-18-5-6/h3-4,6,11,16H,1-2,5H2,(H2,14,15,17). The molecule has 6 heteroatoms. The van der Waals surface area contributed by atoms with Crippen LogP contribution in [0.25, 0.3) is 11.0 Å². The third-order valence-electron chi connectivity index (χ3n) is 3.36. The third kappa shape index (κ3) is 2.00. The van der Waals surface area contributed by atoms with E-state index >= 15 is 0 Å². The lowest BCUT2D eigenvalue weighted by atomic mass is 9.95. The number of benzene rings is 1. The Morgan fingerprint density at radius 2 is 2.11 bits per heavy atom. The Labute approximate surface area is 111 Å². The predicted molar refractivity (Wildman–Crippen MR) is 70.5 cm³/mol. The monoisotopic (exact) mass is 312 g/mol. The summed E-state index contributed by atoms with van der Waals surface area (Å²) in [7, 11) is 0. The summed E-state index contributed by atoms with van der Waals surface area (Å²) >= 11 is 3.44. The number of aliphatic hydroxyl groups excluding tert-OH is 1. The van der Waals surface area contributed by atoms with Crippen LogP contribution in [-0.2, 0) is 4.74 Å². The number of rotatable bonds is 2. The van der Waals surface area contributed by atoms with Gasteiger partial charge in [-0.15, -0.1) is 0 Å². The van der Waals surface area contributed by atoms with Crippen molar-refractivity contribution in [3.63, 3.8) is 0 Å². The molecule has 0 amide bonds. The average Bonchev–Trinajstić information content (AvgIpc) is 2.94. The molecule has 0 spiro atoms. The zero-order valence-corrected chi connectivity index (χ0v) is 11.2. The van der Waals surface area contributed by atoms with Gasteiger partial charge in [-0.1, -0.05) is 15.9 Å². The van der Waals surface area contributed by atoms with Crippen molar-refractivity contribution in [2.45, 2.75) is 12.5 Å². The SMILES string of the molecule is O=c1[nH]c2cc(Br)c(C(O)C3CCOC3)cc2[nH]1. The zero-order valence-electron chi connectivity index (χ0n) is 9.57. The predicted octanol–water partition coefficient (Wildman–Crippen LogP) is 1.69. The second kappa shape index (κ2) is 4.53. The number of ether oxygens (including phenoxy) is 1. The number of aliphatic hydroxyl groups is 1. The van der Waals surface area contributed by atoms with Gasteiger partial charge in [0.2, 0.25) is 0 Å². The van der Waals surface area contributed by atoms with Gasteiger partial charge >= 0.3 is 5.69 Å². The first-order valence-electron chi connectivity index (χ1n) is 5.82. The fraction of sp³-hybridized carbons (Fsp3) is 0.417. The number of hydrogen-bond acceptors (Lipinski definition) is 3. The van der Waals surface area contributed by atoms with E-state index in [1.54, 1.807) is 6.07 Å². The molecule has 0 bridgehead atoms. The summed E-state index contributed by atoms with van der Waals surface area (Å²) < 4.78 is 6.09. The smallest absolute Gasteiger partial charge is 0.323 e. The van der Waals surface area contributed by atoms with Crippen molar-refractivity contribution < 1.29 is 9.84 Å². The van der Waals surface area contributed by atoms with Crippen molar-refractivity contribution in [1.82, 2.24) is 9.97 Å². The van der Waals surface area contributed by atoms with Gasteiger partial charge in [-0.2, -0.15) is 0 Å². The van der Waals surface area contributed by atoms with Gasteiger partial charge in [0, 0.05) is 17.0 Å². The fourth-order valence-electron chi connectivity index (χ4n) is 2.36. The molecule has 1 aliphatic rings. The second-order valence-corrected chi connectivity index (χ2v) is 5.42. The van der Waals surface area contributed by atoms with Crippen LogP contribution in [0.4, 0.5) is 0 Å². The van der Waals surface area contributed by atoms with E-state index in [9.17, 15) is 9.90 Å². The number of halogens is 1. The van der Waals surface area contributed by atoms with Crippen LogP contribution in [0.1, 0.15) is 18.1 Å². The Bertz CT molecular complexity index is 628. The lowest BCUT2D eigenvalue weighted by Crippen LogP contribution is -2.13. The van der Waals surface area contributed by atoms with Crippen molar-refractivity contribution >= 4 is 27.0 Å². The molecule has 1 aromatic carbocycles. The summed E-state index contributed by atoms with van der Waals surface area (Å²) in [6.45, 7) is 1.28. The molecular formula is C12H13BrN2O3. The van der Waals surface area contributed by atoms with Gasteiger partial charge in [0.15, 0.2) is 0 Å². The molecule has 96 valence electrons. The highest BCUT2D eigenvalue weighted by molar-refractivity contribution is 9.10. The first-order valence-corrected chi connectivity index (χ1v) is 6.61. The molecule has 1 saturated heterocycles. The number of aromatic amines is 2. The quantitative estimate of drug-likeness (QED) is 0.789. The molecule has 1 aliphatic heterocycles. The Morgan fingerprint density at radius 1 is 1.39 bits per heavy atom. The van der Waals surface area contributed by atoms with Crippen LogP contribution in [0.3, 0.4) is 0 Å². The summed E-state index contributed by atoms with van der Waals surface area (Å²) in [4.78, 5) is 16.6. The third-order valence-corrected chi connectivity index (χ3v) is 4.05. The van der Waals surface area contributed by atoms with Gasteiger partial charge in [0.1, 0.15) is 0 Å². The summed E-state index contributed by atoms with van der Waals surface area (Å²) in [6, 6.07) is 3.61. The number of H-pyrrole nitrogens is 2. The first kappa shape index (κ1) is 12.0. The topological polar surface area (TPSA) is 78.1 Å². The Kier molecular flexibility index (Phi) is 3.01. The molecule has 5 nitrogen and oxygen atoms in total. The highest BCUT2D eigenvalue weighted by Crippen LogP contribution is 2.34. The van der Waals surface area contributed by atoms with E-state index in [1.165, 1.54) is 0 Å². The molecule has 2 unspecified atom stereocenters. The Balaban J connectivity index is 2.04. The number of imidazole rings is 1. The second-order valence-electron chi connectivity index (χ2n) is 4.57. The van der Waals surface area contributed by atoms with Crippen molar-refractivity contribution in [3.05, 3.63) is 32.7 Å². The van der Waals surface area contributed by atoms with Crippen LogP contribution in [0.15, 0.2) is 21.4 Å². The molecule has 1 aromatic heterocycles. The van der Waals surface area contributed by atoms with E-state index in [1.807, 2.05) is 6.07 Å². The van der Waals surface area contributed by atoms with Crippen LogP contribution in [0.5, 0.6) is 0 Å². The fourth-order valence-corrected chi connectivity index (χ4v) is 2.93. The minimum atomic E-state index is -0.579. The molecule has 3 N–H and O–H groups in total. The van der Waals surface area contributed by atoms with Crippen LogP contribution < -0.4 is 5.69 Å². The van der Waals surface area contributed by atoms with Crippen LogP contribution >= 0.6 is 15.9 Å². The van der Waals surface area contributed by atoms with Crippen LogP contribution in [0, 0.1) is 5.92 Å². The zero-order chi connectivity index (χ0) is 12.7. The van der Waals surface area contributed by atoms with Crippen molar-refractivity contribution in [2.24, 2.45) is 5.92 Å². The van der Waals surface area contributed by atoms with Gasteiger partial charge in [-0.3, -0.25) is 0 Å². The van der Waals surface area contributed by atoms with Crippen molar-refractivity contribution in [1.29, 1.82) is 0 Å². The molecule has 0 radical (unpaired) electrons. The molecule has 0 aliphatic carbocycles. The van der Waals surface area contributed by atoms with Gasteiger partial charge in [-0.25, -0.2) is 4.79 Å². The summed E-state index contributed by atoms with van der Waals surface area (Å²) in [6.07, 6.45) is 0.277. The largest absolute Gasteiger partial charge is 0.388 e. The normalized spacial score (nSPS) is 21.6. The Morgan fingerprint density at radius 3 is 2.78 bits per heavy atom. The van der Waals surface area contributed by atoms with Gasteiger partial charge < -0.3 is 19.8 Å². The maximum Gasteiger partial charge on any atom is 0.323 e. The van der Waals surface area contributed by atoms with Gasteiger partial charge in [0.25, 0.3) is 0 Å². The van der Waals surface area contributed by atoms with Gasteiger partial charge in [-0.05, 0) is 24.1 Å². The summed E-state index contributed by atoms with van der Waals surface area (Å²) in [5.74, 6) is 0.115. The molecule has 2 aromatic rings. The number of fused-ring (bicyclic) bond motifs is 1.